The Morgan fingerprint density at radius 2 is 2.00 bits per heavy atom. The topological polar surface area (TPSA) is 49.3 Å². The van der Waals surface area contributed by atoms with E-state index in [0.29, 0.717) is 15.1 Å². The first-order chi connectivity index (χ1) is 9.49. The van der Waals surface area contributed by atoms with Crippen LogP contribution in [-0.2, 0) is 4.79 Å². The standard InChI is InChI=1S/C15H13BrClNO2/c1-9-4-2-3-5-13(9)18-14(15(19)20)11-7-6-10(17)8-12(11)16/h2-8,14,18H,1H3,(H,19,20). The van der Waals surface area contributed by atoms with Crippen molar-refractivity contribution < 1.29 is 9.90 Å². The number of hydrogen-bond acceptors (Lipinski definition) is 2. The molecule has 3 nitrogen and oxygen atoms in total. The van der Waals surface area contributed by atoms with Crippen molar-refractivity contribution in [3.8, 4) is 0 Å². The number of anilines is 1. The zero-order chi connectivity index (χ0) is 14.7. The van der Waals surface area contributed by atoms with Gasteiger partial charge in [-0.1, -0.05) is 51.8 Å². The number of carboxylic acid groups (broad SMARTS) is 1. The normalized spacial score (nSPS) is 11.9. The van der Waals surface area contributed by atoms with Crippen molar-refractivity contribution in [1.29, 1.82) is 0 Å². The molecule has 2 N–H and O–H groups in total. The van der Waals surface area contributed by atoms with Crippen LogP contribution in [0.15, 0.2) is 46.9 Å². The fourth-order valence-corrected chi connectivity index (χ4v) is 2.81. The average molecular weight is 355 g/mol. The predicted octanol–water partition coefficient (Wildman–Crippen LogP) is 4.65. The third-order valence-corrected chi connectivity index (χ3v) is 3.89. The number of aliphatic carboxylic acids is 1. The van der Waals surface area contributed by atoms with Gasteiger partial charge in [0.1, 0.15) is 0 Å². The first-order valence-corrected chi connectivity index (χ1v) is 7.16. The van der Waals surface area contributed by atoms with E-state index in [1.807, 2.05) is 31.2 Å². The van der Waals surface area contributed by atoms with Gasteiger partial charge >= 0.3 is 5.97 Å². The summed E-state index contributed by atoms with van der Waals surface area (Å²) in [5, 5.41) is 13.1. The van der Waals surface area contributed by atoms with Gasteiger partial charge in [0, 0.05) is 15.2 Å². The Hall–Kier alpha value is -1.52. The van der Waals surface area contributed by atoms with Crippen molar-refractivity contribution >= 4 is 39.2 Å². The van der Waals surface area contributed by atoms with Gasteiger partial charge in [0.25, 0.3) is 0 Å². The molecule has 0 saturated carbocycles. The van der Waals surface area contributed by atoms with Gasteiger partial charge in [0.05, 0.1) is 0 Å². The van der Waals surface area contributed by atoms with Gasteiger partial charge < -0.3 is 10.4 Å². The summed E-state index contributed by atoms with van der Waals surface area (Å²) in [6.45, 7) is 1.93. The molecule has 0 aromatic heterocycles. The van der Waals surface area contributed by atoms with Crippen molar-refractivity contribution in [1.82, 2.24) is 0 Å². The van der Waals surface area contributed by atoms with Gasteiger partial charge in [0.2, 0.25) is 0 Å². The second-order valence-electron chi connectivity index (χ2n) is 4.40. The van der Waals surface area contributed by atoms with E-state index in [2.05, 4.69) is 21.2 Å². The summed E-state index contributed by atoms with van der Waals surface area (Å²) in [6, 6.07) is 11.8. The average Bonchev–Trinajstić information content (AvgIpc) is 2.38. The van der Waals surface area contributed by atoms with E-state index >= 15 is 0 Å². The minimum atomic E-state index is -0.948. The molecule has 2 aromatic carbocycles. The van der Waals surface area contributed by atoms with E-state index in [4.69, 9.17) is 11.6 Å². The lowest BCUT2D eigenvalue weighted by Gasteiger charge is -2.19. The van der Waals surface area contributed by atoms with Gasteiger partial charge in [-0.05, 0) is 36.2 Å². The molecule has 0 aliphatic heterocycles. The molecule has 104 valence electrons. The molecular formula is C15H13BrClNO2. The molecular weight excluding hydrogens is 342 g/mol. The lowest BCUT2D eigenvalue weighted by atomic mass is 10.1. The number of benzene rings is 2. The van der Waals surface area contributed by atoms with Gasteiger partial charge in [-0.2, -0.15) is 0 Å². The summed E-state index contributed by atoms with van der Waals surface area (Å²) in [4.78, 5) is 11.5. The monoisotopic (exact) mass is 353 g/mol. The molecule has 0 heterocycles. The Morgan fingerprint density at radius 1 is 1.30 bits per heavy atom. The summed E-state index contributed by atoms with van der Waals surface area (Å²) in [7, 11) is 0. The molecule has 1 atom stereocenters. The maximum atomic E-state index is 11.5. The molecule has 2 rings (SSSR count). The minimum Gasteiger partial charge on any atom is -0.479 e. The SMILES string of the molecule is Cc1ccccc1NC(C(=O)O)c1ccc(Cl)cc1Br. The number of hydrogen-bond donors (Lipinski definition) is 2. The fraction of sp³-hybridized carbons (Fsp3) is 0.133. The molecule has 2 aromatic rings. The molecule has 0 aliphatic carbocycles. The number of aryl methyl sites for hydroxylation is 1. The van der Waals surface area contributed by atoms with Crippen LogP contribution >= 0.6 is 27.5 Å². The third-order valence-electron chi connectivity index (χ3n) is 2.97. The second kappa shape index (κ2) is 6.29. The van der Waals surface area contributed by atoms with Crippen LogP contribution in [0.4, 0.5) is 5.69 Å². The maximum absolute atomic E-state index is 11.5. The minimum absolute atomic E-state index is 0.556. The third kappa shape index (κ3) is 3.32. The van der Waals surface area contributed by atoms with Crippen LogP contribution in [0.3, 0.4) is 0 Å². The number of nitrogens with one attached hydrogen (secondary N) is 1. The summed E-state index contributed by atoms with van der Waals surface area (Å²) < 4.78 is 0.665. The van der Waals surface area contributed by atoms with E-state index in [9.17, 15) is 9.90 Å². The highest BCUT2D eigenvalue weighted by Gasteiger charge is 2.22. The molecule has 1 unspecified atom stereocenters. The van der Waals surface area contributed by atoms with Crippen LogP contribution in [0.1, 0.15) is 17.2 Å². The van der Waals surface area contributed by atoms with Crippen LogP contribution in [0, 0.1) is 6.92 Å². The van der Waals surface area contributed by atoms with Gasteiger partial charge in [-0.25, -0.2) is 4.79 Å². The highest BCUT2D eigenvalue weighted by molar-refractivity contribution is 9.10. The molecule has 0 radical (unpaired) electrons. The second-order valence-corrected chi connectivity index (χ2v) is 5.69. The van der Waals surface area contributed by atoms with Crippen LogP contribution < -0.4 is 5.32 Å². The Kier molecular flexibility index (Phi) is 4.68. The number of carbonyl (C=O) groups is 1. The Balaban J connectivity index is 2.37. The fourth-order valence-electron chi connectivity index (χ4n) is 1.90. The quantitative estimate of drug-likeness (QED) is 0.840. The molecule has 0 spiro atoms. The number of carboxylic acids is 1. The number of halogens is 2. The summed E-state index contributed by atoms with van der Waals surface area (Å²) in [5.74, 6) is -0.948. The van der Waals surface area contributed by atoms with Crippen LogP contribution in [0.25, 0.3) is 0 Å². The van der Waals surface area contributed by atoms with Crippen molar-refractivity contribution in [2.45, 2.75) is 13.0 Å². The van der Waals surface area contributed by atoms with Crippen LogP contribution in [-0.4, -0.2) is 11.1 Å². The number of rotatable bonds is 4. The van der Waals surface area contributed by atoms with E-state index in [1.165, 1.54) is 0 Å². The van der Waals surface area contributed by atoms with Crippen molar-refractivity contribution in [2.24, 2.45) is 0 Å². The predicted molar refractivity (Wildman–Crippen MR) is 84.3 cm³/mol. The van der Waals surface area contributed by atoms with E-state index in [0.717, 1.165) is 11.3 Å². The lowest BCUT2D eigenvalue weighted by molar-refractivity contribution is -0.138. The zero-order valence-electron chi connectivity index (χ0n) is 10.7. The Morgan fingerprint density at radius 3 is 2.60 bits per heavy atom. The van der Waals surface area contributed by atoms with E-state index in [-0.39, 0.29) is 0 Å². The molecule has 0 aliphatic rings. The highest BCUT2D eigenvalue weighted by atomic mass is 79.9. The van der Waals surface area contributed by atoms with E-state index < -0.39 is 12.0 Å². The number of para-hydroxylation sites is 1. The molecule has 0 fully saturated rings. The van der Waals surface area contributed by atoms with Crippen molar-refractivity contribution in [3.05, 3.63) is 63.1 Å². The van der Waals surface area contributed by atoms with Crippen LogP contribution in [0.2, 0.25) is 5.02 Å². The Bertz CT molecular complexity index is 646. The first kappa shape index (κ1) is 14.9. The zero-order valence-corrected chi connectivity index (χ0v) is 13.1. The van der Waals surface area contributed by atoms with Crippen molar-refractivity contribution in [2.75, 3.05) is 5.32 Å². The summed E-state index contributed by atoms with van der Waals surface area (Å²) in [6.07, 6.45) is 0. The summed E-state index contributed by atoms with van der Waals surface area (Å²) >= 11 is 9.25. The maximum Gasteiger partial charge on any atom is 0.330 e. The summed E-state index contributed by atoms with van der Waals surface area (Å²) in [5.41, 5.74) is 2.41. The lowest BCUT2D eigenvalue weighted by Crippen LogP contribution is -2.21. The van der Waals surface area contributed by atoms with Gasteiger partial charge in [-0.15, -0.1) is 0 Å². The molecule has 0 saturated heterocycles. The highest BCUT2D eigenvalue weighted by Crippen LogP contribution is 2.30. The molecule has 20 heavy (non-hydrogen) atoms. The molecule has 5 heteroatoms. The molecule has 0 amide bonds. The largest absolute Gasteiger partial charge is 0.479 e. The first-order valence-electron chi connectivity index (χ1n) is 5.99. The van der Waals surface area contributed by atoms with Gasteiger partial charge in [0.15, 0.2) is 6.04 Å². The van der Waals surface area contributed by atoms with Gasteiger partial charge in [-0.3, -0.25) is 0 Å². The smallest absolute Gasteiger partial charge is 0.330 e. The molecule has 0 bridgehead atoms. The Labute approximate surface area is 130 Å². The van der Waals surface area contributed by atoms with E-state index in [1.54, 1.807) is 18.2 Å². The van der Waals surface area contributed by atoms with Crippen molar-refractivity contribution in [3.63, 3.8) is 0 Å². The van der Waals surface area contributed by atoms with Crippen LogP contribution in [0.5, 0.6) is 0 Å².